The van der Waals surface area contributed by atoms with Gasteiger partial charge in [-0.15, -0.1) is 0 Å². The van der Waals surface area contributed by atoms with E-state index in [0.29, 0.717) is 11.1 Å². The molecule has 220 valence electrons. The lowest BCUT2D eigenvalue weighted by Crippen LogP contribution is -2.59. The first-order chi connectivity index (χ1) is 19.6. The van der Waals surface area contributed by atoms with Crippen LogP contribution in [0.1, 0.15) is 50.3 Å². The number of rotatable bonds is 6. The SMILES string of the molecule is CC[C@@H]1NC(=O)C[C@H](c2ccccc2)NC(=O)[C@H](CO)NC(=O)[C@H](CC)NC(=O)[C@H](Cc2ccc(O)cc2)NC1=O. The van der Waals surface area contributed by atoms with Crippen molar-refractivity contribution in [2.45, 2.75) is 69.7 Å². The van der Waals surface area contributed by atoms with Gasteiger partial charge < -0.3 is 36.8 Å². The maximum atomic E-state index is 13.3. The van der Waals surface area contributed by atoms with Gasteiger partial charge in [-0.05, 0) is 36.1 Å². The predicted octanol–water partition coefficient (Wildman–Crippen LogP) is -0.0526. The molecule has 5 atom stereocenters. The Bertz CT molecular complexity index is 1220. The molecule has 2 aromatic carbocycles. The highest BCUT2D eigenvalue weighted by molar-refractivity contribution is 5.96. The molecule has 12 nitrogen and oxygen atoms in total. The summed E-state index contributed by atoms with van der Waals surface area (Å²) in [5.41, 5.74) is 1.25. The number of hydrogen-bond donors (Lipinski definition) is 7. The van der Waals surface area contributed by atoms with Crippen LogP contribution in [0.2, 0.25) is 0 Å². The van der Waals surface area contributed by atoms with Gasteiger partial charge in [-0.3, -0.25) is 24.0 Å². The third-order valence-electron chi connectivity index (χ3n) is 6.83. The van der Waals surface area contributed by atoms with Gasteiger partial charge in [0.25, 0.3) is 0 Å². The van der Waals surface area contributed by atoms with Crippen LogP contribution in [0.3, 0.4) is 0 Å². The molecule has 5 amide bonds. The van der Waals surface area contributed by atoms with E-state index in [2.05, 4.69) is 26.6 Å². The molecular formula is C29H37N5O7. The molecular weight excluding hydrogens is 530 g/mol. The summed E-state index contributed by atoms with van der Waals surface area (Å²) < 4.78 is 0. The zero-order valence-electron chi connectivity index (χ0n) is 23.1. The quantitative estimate of drug-likeness (QED) is 0.255. The van der Waals surface area contributed by atoms with E-state index in [4.69, 9.17) is 0 Å². The average molecular weight is 568 g/mol. The fourth-order valence-electron chi connectivity index (χ4n) is 4.44. The highest BCUT2D eigenvalue weighted by Crippen LogP contribution is 2.18. The molecule has 41 heavy (non-hydrogen) atoms. The average Bonchev–Trinajstić information content (AvgIpc) is 2.97. The van der Waals surface area contributed by atoms with Crippen molar-refractivity contribution >= 4 is 29.5 Å². The molecule has 3 rings (SSSR count). The molecule has 0 aromatic heterocycles. The van der Waals surface area contributed by atoms with Crippen molar-refractivity contribution < 1.29 is 34.2 Å². The lowest BCUT2D eigenvalue weighted by atomic mass is 10.0. The standard InChI is InChI=1S/C29H37N5O7/c1-3-20-26(38)33-23(14-17-10-12-19(36)13-11-17)28(40)31-21(4-2)27(39)34-24(16-35)29(41)32-22(15-25(37)30-20)18-8-6-5-7-9-18/h5-13,20-24,35-36H,3-4,14-16H2,1-2H3,(H,30,37)(H,31,40)(H,32,41)(H,33,38)(H,34,39)/t20-,21-,22+,23-,24-/m0/s1. The van der Waals surface area contributed by atoms with E-state index in [0.717, 1.165) is 0 Å². The fourth-order valence-corrected chi connectivity index (χ4v) is 4.44. The highest BCUT2D eigenvalue weighted by atomic mass is 16.3. The molecule has 0 saturated carbocycles. The molecule has 1 saturated heterocycles. The van der Waals surface area contributed by atoms with Crippen LogP contribution in [-0.4, -0.2) is 70.5 Å². The van der Waals surface area contributed by atoms with E-state index >= 15 is 0 Å². The first kappa shape index (κ1) is 31.1. The number of nitrogens with one attached hydrogen (secondary N) is 5. The van der Waals surface area contributed by atoms with Crippen LogP contribution >= 0.6 is 0 Å². The first-order valence-electron chi connectivity index (χ1n) is 13.6. The summed E-state index contributed by atoms with van der Waals surface area (Å²) in [5, 5.41) is 32.7. The van der Waals surface area contributed by atoms with E-state index in [1.54, 1.807) is 56.3 Å². The highest BCUT2D eigenvalue weighted by Gasteiger charge is 2.32. The van der Waals surface area contributed by atoms with Gasteiger partial charge in [0, 0.05) is 6.42 Å². The van der Waals surface area contributed by atoms with Crippen molar-refractivity contribution in [3.8, 4) is 5.75 Å². The molecule has 0 aliphatic carbocycles. The van der Waals surface area contributed by atoms with Crippen LogP contribution in [-0.2, 0) is 30.4 Å². The van der Waals surface area contributed by atoms with Crippen LogP contribution in [0.4, 0.5) is 0 Å². The van der Waals surface area contributed by atoms with Crippen molar-refractivity contribution in [3.05, 3.63) is 65.7 Å². The summed E-state index contributed by atoms with van der Waals surface area (Å²) in [7, 11) is 0. The number of aliphatic hydroxyl groups is 1. The largest absolute Gasteiger partial charge is 0.508 e. The minimum absolute atomic E-state index is 0.0352. The van der Waals surface area contributed by atoms with Crippen LogP contribution in [0.5, 0.6) is 5.75 Å². The zero-order chi connectivity index (χ0) is 29.9. The van der Waals surface area contributed by atoms with Crippen molar-refractivity contribution in [1.82, 2.24) is 26.6 Å². The minimum Gasteiger partial charge on any atom is -0.508 e. The van der Waals surface area contributed by atoms with E-state index in [1.165, 1.54) is 12.1 Å². The third kappa shape index (κ3) is 8.77. The Kier molecular flexibility index (Phi) is 11.2. The normalized spacial score (nSPS) is 24.9. The van der Waals surface area contributed by atoms with E-state index in [1.807, 2.05) is 0 Å². The molecule has 1 heterocycles. The Labute approximate surface area is 238 Å². The summed E-state index contributed by atoms with van der Waals surface area (Å²) in [6.07, 6.45) is 0.205. The topological polar surface area (TPSA) is 186 Å². The smallest absolute Gasteiger partial charge is 0.245 e. The maximum absolute atomic E-state index is 13.3. The fraction of sp³-hybridized carbons (Fsp3) is 0.414. The van der Waals surface area contributed by atoms with Gasteiger partial charge in [-0.2, -0.15) is 0 Å². The van der Waals surface area contributed by atoms with Gasteiger partial charge in [0.1, 0.15) is 29.9 Å². The molecule has 1 fully saturated rings. The van der Waals surface area contributed by atoms with Crippen molar-refractivity contribution in [3.63, 3.8) is 0 Å². The number of phenolic OH excluding ortho intramolecular Hbond substituents is 1. The Morgan fingerprint density at radius 1 is 0.659 bits per heavy atom. The Morgan fingerprint density at radius 3 is 1.76 bits per heavy atom. The Balaban J connectivity index is 1.96. The third-order valence-corrected chi connectivity index (χ3v) is 6.83. The zero-order valence-corrected chi connectivity index (χ0v) is 23.1. The molecule has 2 aromatic rings. The number of hydrogen-bond acceptors (Lipinski definition) is 7. The van der Waals surface area contributed by atoms with Gasteiger partial charge >= 0.3 is 0 Å². The molecule has 1 aliphatic heterocycles. The number of carbonyl (C=O) groups is 5. The number of amides is 5. The second-order valence-corrected chi connectivity index (χ2v) is 9.85. The van der Waals surface area contributed by atoms with Crippen LogP contribution in [0.15, 0.2) is 54.6 Å². The molecule has 0 unspecified atom stereocenters. The van der Waals surface area contributed by atoms with E-state index in [9.17, 15) is 34.2 Å². The number of carbonyl (C=O) groups excluding carboxylic acids is 5. The van der Waals surface area contributed by atoms with Crippen molar-refractivity contribution in [1.29, 1.82) is 0 Å². The number of aliphatic hydroxyl groups excluding tert-OH is 1. The van der Waals surface area contributed by atoms with Crippen LogP contribution in [0.25, 0.3) is 0 Å². The van der Waals surface area contributed by atoms with Gasteiger partial charge in [0.2, 0.25) is 29.5 Å². The maximum Gasteiger partial charge on any atom is 0.245 e. The minimum atomic E-state index is -1.34. The van der Waals surface area contributed by atoms with Gasteiger partial charge in [0.15, 0.2) is 0 Å². The summed E-state index contributed by atoms with van der Waals surface area (Å²) in [5.74, 6) is -3.15. The Morgan fingerprint density at radius 2 is 1.17 bits per heavy atom. The van der Waals surface area contributed by atoms with E-state index in [-0.39, 0.29) is 31.4 Å². The summed E-state index contributed by atoms with van der Waals surface area (Å²) >= 11 is 0. The summed E-state index contributed by atoms with van der Waals surface area (Å²) in [4.78, 5) is 65.8. The van der Waals surface area contributed by atoms with Crippen molar-refractivity contribution in [2.24, 2.45) is 0 Å². The lowest BCUT2D eigenvalue weighted by molar-refractivity contribution is -0.135. The van der Waals surface area contributed by atoms with Gasteiger partial charge in [-0.1, -0.05) is 56.3 Å². The van der Waals surface area contributed by atoms with E-state index < -0.39 is 66.4 Å². The first-order valence-corrected chi connectivity index (χ1v) is 13.6. The molecule has 0 radical (unpaired) electrons. The second kappa shape index (κ2) is 14.8. The monoisotopic (exact) mass is 567 g/mol. The summed E-state index contributed by atoms with van der Waals surface area (Å²) in [6.45, 7) is 2.66. The molecule has 12 heteroatoms. The van der Waals surface area contributed by atoms with Crippen LogP contribution < -0.4 is 26.6 Å². The number of benzene rings is 2. The number of phenols is 1. The predicted molar refractivity (Wildman–Crippen MR) is 149 cm³/mol. The molecule has 7 N–H and O–H groups in total. The van der Waals surface area contributed by atoms with Crippen LogP contribution in [0, 0.1) is 0 Å². The van der Waals surface area contributed by atoms with Crippen molar-refractivity contribution in [2.75, 3.05) is 6.61 Å². The second-order valence-electron chi connectivity index (χ2n) is 9.85. The van der Waals surface area contributed by atoms with Gasteiger partial charge in [-0.25, -0.2) is 0 Å². The summed E-state index contributed by atoms with van der Waals surface area (Å²) in [6, 6.07) is 9.50. The molecule has 1 aliphatic rings. The number of aromatic hydroxyl groups is 1. The molecule has 0 spiro atoms. The lowest BCUT2D eigenvalue weighted by Gasteiger charge is -2.28. The Hall–Kier alpha value is -4.45. The van der Waals surface area contributed by atoms with Gasteiger partial charge in [0.05, 0.1) is 19.1 Å². The molecule has 0 bridgehead atoms.